The summed E-state index contributed by atoms with van der Waals surface area (Å²) in [6.45, 7) is 6.57. The quantitative estimate of drug-likeness (QED) is 0.759. The average molecular weight is 179 g/mol. The first-order chi connectivity index (χ1) is 6.12. The Kier molecular flexibility index (Phi) is 2.91. The topological polar surface area (TPSA) is 32.9 Å². The van der Waals surface area contributed by atoms with Crippen molar-refractivity contribution >= 4 is 0 Å². The fraction of sp³-hybridized carbons (Fsp3) is 0.545. The van der Waals surface area contributed by atoms with Gasteiger partial charge < -0.3 is 4.98 Å². The summed E-state index contributed by atoms with van der Waals surface area (Å²) in [6.07, 6.45) is 4.01. The minimum absolute atomic E-state index is 0.0293. The van der Waals surface area contributed by atoms with Crippen LogP contribution < -0.4 is 5.56 Å². The average Bonchev–Trinajstić information content (AvgIpc) is 2.18. The number of aromatic nitrogens is 1. The molecular weight excluding hydrogens is 162 g/mol. The zero-order valence-corrected chi connectivity index (χ0v) is 8.55. The largest absolute Gasteiger partial charge is 0.329 e. The molecule has 2 nitrogen and oxygen atoms in total. The summed E-state index contributed by atoms with van der Waals surface area (Å²) in [5, 5.41) is 0. The lowest BCUT2D eigenvalue weighted by molar-refractivity contribution is 0.437. The van der Waals surface area contributed by atoms with E-state index in [9.17, 15) is 4.79 Å². The second kappa shape index (κ2) is 3.77. The lowest BCUT2D eigenvalue weighted by atomic mass is 9.79. The van der Waals surface area contributed by atoms with Crippen molar-refractivity contribution in [2.24, 2.45) is 0 Å². The molecule has 72 valence electrons. The number of nitrogens with one attached hydrogen (secondary N) is 1. The molecule has 0 bridgehead atoms. The number of aromatic amines is 1. The van der Waals surface area contributed by atoms with Gasteiger partial charge in [0.05, 0.1) is 0 Å². The molecule has 0 aromatic carbocycles. The standard InChI is InChI=1S/C11H17NO/c1-4-11(3,5-2)9-6-7-10(13)12-8-9/h6-8H,4-5H2,1-3H3,(H,12,13). The molecular formula is C11H17NO. The Morgan fingerprint density at radius 2 is 1.92 bits per heavy atom. The molecule has 2 heteroatoms. The van der Waals surface area contributed by atoms with Crippen molar-refractivity contribution in [3.05, 3.63) is 34.2 Å². The normalized spacial score (nSPS) is 11.6. The van der Waals surface area contributed by atoms with Gasteiger partial charge in [0.15, 0.2) is 0 Å². The molecule has 13 heavy (non-hydrogen) atoms. The number of pyridine rings is 1. The van der Waals surface area contributed by atoms with Gasteiger partial charge in [-0.15, -0.1) is 0 Å². The SMILES string of the molecule is CCC(C)(CC)c1ccc(=O)[nH]c1. The van der Waals surface area contributed by atoms with Crippen LogP contribution in [0.3, 0.4) is 0 Å². The molecule has 0 radical (unpaired) electrons. The fourth-order valence-electron chi connectivity index (χ4n) is 1.44. The first-order valence-electron chi connectivity index (χ1n) is 4.81. The van der Waals surface area contributed by atoms with Crippen molar-refractivity contribution in [3.8, 4) is 0 Å². The molecule has 1 aromatic rings. The third kappa shape index (κ3) is 2.00. The lowest BCUT2D eigenvalue weighted by Gasteiger charge is -2.26. The maximum Gasteiger partial charge on any atom is 0.247 e. The first-order valence-corrected chi connectivity index (χ1v) is 4.81. The summed E-state index contributed by atoms with van der Waals surface area (Å²) in [4.78, 5) is 13.6. The van der Waals surface area contributed by atoms with Gasteiger partial charge in [0, 0.05) is 12.3 Å². The summed E-state index contributed by atoms with van der Waals surface area (Å²) < 4.78 is 0. The number of hydrogen-bond acceptors (Lipinski definition) is 1. The maximum absolute atomic E-state index is 10.9. The Balaban J connectivity index is 3.06. The molecule has 0 saturated heterocycles. The third-order valence-electron chi connectivity index (χ3n) is 3.04. The summed E-state index contributed by atoms with van der Waals surface area (Å²) >= 11 is 0. The van der Waals surface area contributed by atoms with Crippen LogP contribution in [0.25, 0.3) is 0 Å². The Morgan fingerprint density at radius 1 is 1.31 bits per heavy atom. The number of hydrogen-bond donors (Lipinski definition) is 1. The van der Waals surface area contributed by atoms with Gasteiger partial charge in [0.1, 0.15) is 0 Å². The maximum atomic E-state index is 10.9. The Morgan fingerprint density at radius 3 is 2.31 bits per heavy atom. The molecule has 1 heterocycles. The fourth-order valence-corrected chi connectivity index (χ4v) is 1.44. The van der Waals surface area contributed by atoms with E-state index in [0.29, 0.717) is 0 Å². The van der Waals surface area contributed by atoms with Gasteiger partial charge in [-0.3, -0.25) is 4.79 Å². The van der Waals surface area contributed by atoms with Crippen LogP contribution in [-0.2, 0) is 5.41 Å². The summed E-state index contributed by atoms with van der Waals surface area (Å²) in [5.74, 6) is 0. The zero-order chi connectivity index (χ0) is 9.90. The summed E-state index contributed by atoms with van der Waals surface area (Å²) in [6, 6.07) is 3.52. The van der Waals surface area contributed by atoms with Crippen LogP contribution in [-0.4, -0.2) is 4.98 Å². The summed E-state index contributed by atoms with van der Waals surface area (Å²) in [7, 11) is 0. The molecule has 0 spiro atoms. The number of rotatable bonds is 3. The van der Waals surface area contributed by atoms with Gasteiger partial charge in [-0.25, -0.2) is 0 Å². The monoisotopic (exact) mass is 179 g/mol. The molecule has 0 saturated carbocycles. The van der Waals surface area contributed by atoms with Gasteiger partial charge in [-0.2, -0.15) is 0 Å². The van der Waals surface area contributed by atoms with E-state index in [4.69, 9.17) is 0 Å². The summed E-state index contributed by atoms with van der Waals surface area (Å²) in [5.41, 5.74) is 1.39. The molecule has 0 unspecified atom stereocenters. The minimum Gasteiger partial charge on any atom is -0.329 e. The third-order valence-corrected chi connectivity index (χ3v) is 3.04. The highest BCUT2D eigenvalue weighted by Crippen LogP contribution is 2.29. The van der Waals surface area contributed by atoms with E-state index >= 15 is 0 Å². The Hall–Kier alpha value is -1.05. The van der Waals surface area contributed by atoms with Gasteiger partial charge in [-0.1, -0.05) is 26.8 Å². The van der Waals surface area contributed by atoms with Crippen LogP contribution in [0.15, 0.2) is 23.1 Å². The van der Waals surface area contributed by atoms with Gasteiger partial charge >= 0.3 is 0 Å². The van der Waals surface area contributed by atoms with Gasteiger partial charge in [-0.05, 0) is 23.8 Å². The van der Waals surface area contributed by atoms with Crippen molar-refractivity contribution in [3.63, 3.8) is 0 Å². The van der Waals surface area contributed by atoms with E-state index in [1.807, 2.05) is 12.3 Å². The van der Waals surface area contributed by atoms with Crippen LogP contribution in [0.2, 0.25) is 0 Å². The van der Waals surface area contributed by atoms with E-state index in [1.165, 1.54) is 5.56 Å². The van der Waals surface area contributed by atoms with Crippen LogP contribution in [0.1, 0.15) is 39.2 Å². The highest BCUT2D eigenvalue weighted by Gasteiger charge is 2.21. The van der Waals surface area contributed by atoms with E-state index in [1.54, 1.807) is 6.07 Å². The molecule has 0 fully saturated rings. The first kappa shape index (κ1) is 10.0. The smallest absolute Gasteiger partial charge is 0.247 e. The minimum atomic E-state index is -0.0293. The number of H-pyrrole nitrogens is 1. The highest BCUT2D eigenvalue weighted by atomic mass is 16.1. The Bertz CT molecular complexity index is 303. The van der Waals surface area contributed by atoms with E-state index in [2.05, 4.69) is 25.8 Å². The van der Waals surface area contributed by atoms with Crippen LogP contribution in [0.4, 0.5) is 0 Å². The van der Waals surface area contributed by atoms with E-state index in [0.717, 1.165) is 12.8 Å². The van der Waals surface area contributed by atoms with Crippen LogP contribution in [0.5, 0.6) is 0 Å². The zero-order valence-electron chi connectivity index (χ0n) is 8.55. The van der Waals surface area contributed by atoms with Crippen molar-refractivity contribution in [1.82, 2.24) is 4.98 Å². The van der Waals surface area contributed by atoms with E-state index < -0.39 is 0 Å². The van der Waals surface area contributed by atoms with Gasteiger partial charge in [0.2, 0.25) is 5.56 Å². The molecule has 1 N–H and O–H groups in total. The van der Waals surface area contributed by atoms with Crippen LogP contribution in [0, 0.1) is 0 Å². The van der Waals surface area contributed by atoms with Gasteiger partial charge in [0.25, 0.3) is 0 Å². The molecule has 0 aliphatic heterocycles. The molecule has 0 amide bonds. The van der Waals surface area contributed by atoms with Crippen molar-refractivity contribution in [1.29, 1.82) is 0 Å². The molecule has 0 aliphatic rings. The molecule has 1 rings (SSSR count). The van der Waals surface area contributed by atoms with Crippen LogP contribution >= 0.6 is 0 Å². The molecule has 0 atom stereocenters. The second-order valence-electron chi connectivity index (χ2n) is 3.71. The predicted octanol–water partition coefficient (Wildman–Crippen LogP) is 2.45. The highest BCUT2D eigenvalue weighted by molar-refractivity contribution is 5.19. The predicted molar refractivity (Wildman–Crippen MR) is 55.0 cm³/mol. The van der Waals surface area contributed by atoms with Crippen molar-refractivity contribution < 1.29 is 0 Å². The van der Waals surface area contributed by atoms with Crippen molar-refractivity contribution in [2.75, 3.05) is 0 Å². The second-order valence-corrected chi connectivity index (χ2v) is 3.71. The molecule has 0 aliphatic carbocycles. The van der Waals surface area contributed by atoms with E-state index in [-0.39, 0.29) is 11.0 Å². The Labute approximate surface area is 79.0 Å². The molecule has 1 aromatic heterocycles. The lowest BCUT2D eigenvalue weighted by Crippen LogP contribution is -2.21. The van der Waals surface area contributed by atoms with Crippen molar-refractivity contribution in [2.45, 2.75) is 39.0 Å².